The normalized spacial score (nSPS) is 11.4. The van der Waals surface area contributed by atoms with Gasteiger partial charge in [-0.25, -0.2) is 0 Å². The quantitative estimate of drug-likeness (QED) is 0.669. The standard InChI is InChI=1S/C18H18/c1-3-17(18-12-9-15(2)10-13-18)14-11-16-7-5-4-6-8-16/h4-10,12-13,17H,3H2,1-2H3/t17-/m0/s1. The highest BCUT2D eigenvalue weighted by molar-refractivity contribution is 5.38. The molecule has 0 saturated heterocycles. The smallest absolute Gasteiger partial charge is 0.0453 e. The van der Waals surface area contributed by atoms with Crippen LogP contribution in [0.25, 0.3) is 0 Å². The van der Waals surface area contributed by atoms with Crippen molar-refractivity contribution in [2.45, 2.75) is 26.2 Å². The van der Waals surface area contributed by atoms with Crippen LogP contribution < -0.4 is 0 Å². The molecule has 0 aliphatic carbocycles. The lowest BCUT2D eigenvalue weighted by Gasteiger charge is -2.08. The highest BCUT2D eigenvalue weighted by Gasteiger charge is 2.04. The summed E-state index contributed by atoms with van der Waals surface area (Å²) < 4.78 is 0. The van der Waals surface area contributed by atoms with Crippen LogP contribution in [0.15, 0.2) is 54.6 Å². The van der Waals surface area contributed by atoms with E-state index in [-0.39, 0.29) is 0 Å². The Kier molecular flexibility index (Phi) is 4.20. The molecule has 0 N–H and O–H groups in total. The second-order valence-electron chi connectivity index (χ2n) is 4.51. The van der Waals surface area contributed by atoms with Crippen LogP contribution >= 0.6 is 0 Å². The van der Waals surface area contributed by atoms with E-state index >= 15 is 0 Å². The first kappa shape index (κ1) is 12.5. The molecule has 0 nitrogen and oxygen atoms in total. The molecule has 0 heteroatoms. The van der Waals surface area contributed by atoms with E-state index in [4.69, 9.17) is 0 Å². The number of hydrogen-bond acceptors (Lipinski definition) is 0. The Morgan fingerprint density at radius 3 is 2.22 bits per heavy atom. The molecule has 1 atom stereocenters. The zero-order valence-electron chi connectivity index (χ0n) is 11.0. The third kappa shape index (κ3) is 3.25. The van der Waals surface area contributed by atoms with Crippen molar-refractivity contribution in [3.63, 3.8) is 0 Å². The van der Waals surface area contributed by atoms with Gasteiger partial charge in [0.25, 0.3) is 0 Å². The van der Waals surface area contributed by atoms with Crippen LogP contribution in [0.3, 0.4) is 0 Å². The minimum atomic E-state index is 0.325. The van der Waals surface area contributed by atoms with Crippen molar-refractivity contribution in [2.75, 3.05) is 0 Å². The number of aryl methyl sites for hydroxylation is 1. The first-order valence-electron chi connectivity index (χ1n) is 6.42. The van der Waals surface area contributed by atoms with Gasteiger partial charge in [0.2, 0.25) is 0 Å². The fourth-order valence-electron chi connectivity index (χ4n) is 1.91. The molecule has 18 heavy (non-hydrogen) atoms. The van der Waals surface area contributed by atoms with Crippen LogP contribution in [0, 0.1) is 18.8 Å². The molecule has 0 saturated carbocycles. The van der Waals surface area contributed by atoms with E-state index in [0.29, 0.717) is 5.92 Å². The first-order chi connectivity index (χ1) is 8.79. The van der Waals surface area contributed by atoms with Gasteiger partial charge in [-0.05, 0) is 31.0 Å². The van der Waals surface area contributed by atoms with Gasteiger partial charge in [0.1, 0.15) is 0 Å². The van der Waals surface area contributed by atoms with Gasteiger partial charge in [-0.3, -0.25) is 0 Å². The Hall–Kier alpha value is -2.00. The largest absolute Gasteiger partial charge is 0.0897 e. The number of hydrogen-bond donors (Lipinski definition) is 0. The Morgan fingerprint density at radius 1 is 0.944 bits per heavy atom. The third-order valence-corrected chi connectivity index (χ3v) is 3.05. The predicted molar refractivity (Wildman–Crippen MR) is 77.5 cm³/mol. The minimum Gasteiger partial charge on any atom is -0.0897 e. The second kappa shape index (κ2) is 6.07. The number of benzene rings is 2. The average Bonchev–Trinajstić information content (AvgIpc) is 2.42. The van der Waals surface area contributed by atoms with E-state index < -0.39 is 0 Å². The van der Waals surface area contributed by atoms with Gasteiger partial charge >= 0.3 is 0 Å². The molecular formula is C18H18. The van der Waals surface area contributed by atoms with Crippen LogP contribution in [-0.2, 0) is 0 Å². The molecule has 90 valence electrons. The van der Waals surface area contributed by atoms with Crippen molar-refractivity contribution in [3.05, 3.63) is 71.3 Å². The highest BCUT2D eigenvalue weighted by Crippen LogP contribution is 2.19. The monoisotopic (exact) mass is 234 g/mol. The Labute approximate surface area is 110 Å². The zero-order chi connectivity index (χ0) is 12.8. The van der Waals surface area contributed by atoms with Crippen molar-refractivity contribution in [1.29, 1.82) is 0 Å². The second-order valence-corrected chi connectivity index (χ2v) is 4.51. The molecule has 0 aliphatic heterocycles. The zero-order valence-corrected chi connectivity index (χ0v) is 11.0. The summed E-state index contributed by atoms with van der Waals surface area (Å²) in [4.78, 5) is 0. The lowest BCUT2D eigenvalue weighted by atomic mass is 9.96. The third-order valence-electron chi connectivity index (χ3n) is 3.05. The van der Waals surface area contributed by atoms with Crippen LogP contribution in [0.2, 0.25) is 0 Å². The van der Waals surface area contributed by atoms with Gasteiger partial charge in [0.15, 0.2) is 0 Å². The molecule has 0 bridgehead atoms. The van der Waals surface area contributed by atoms with Gasteiger partial charge < -0.3 is 0 Å². The maximum Gasteiger partial charge on any atom is 0.0453 e. The van der Waals surface area contributed by atoms with Crippen molar-refractivity contribution < 1.29 is 0 Å². The molecule has 0 spiro atoms. The van der Waals surface area contributed by atoms with Gasteiger partial charge in [0.05, 0.1) is 0 Å². The molecule has 2 aromatic carbocycles. The summed E-state index contributed by atoms with van der Waals surface area (Å²) in [5.41, 5.74) is 3.69. The molecule has 0 aromatic heterocycles. The van der Waals surface area contributed by atoms with Gasteiger partial charge in [-0.1, -0.05) is 66.8 Å². The molecule has 0 amide bonds. The van der Waals surface area contributed by atoms with E-state index in [0.717, 1.165) is 12.0 Å². The van der Waals surface area contributed by atoms with Gasteiger partial charge in [0, 0.05) is 11.5 Å². The maximum atomic E-state index is 3.37. The fraction of sp³-hybridized carbons (Fsp3) is 0.222. The predicted octanol–water partition coefficient (Wildman–Crippen LogP) is 4.54. The number of rotatable bonds is 2. The molecule has 2 aromatic rings. The Morgan fingerprint density at radius 2 is 1.61 bits per heavy atom. The molecule has 0 fully saturated rings. The summed E-state index contributed by atoms with van der Waals surface area (Å²) >= 11 is 0. The van der Waals surface area contributed by atoms with E-state index in [1.165, 1.54) is 11.1 Å². The van der Waals surface area contributed by atoms with Crippen LogP contribution in [0.5, 0.6) is 0 Å². The SMILES string of the molecule is CC[C@@H](C#Cc1ccccc1)c1ccc(C)cc1. The fourth-order valence-corrected chi connectivity index (χ4v) is 1.91. The van der Waals surface area contributed by atoms with Crippen LogP contribution in [-0.4, -0.2) is 0 Å². The van der Waals surface area contributed by atoms with Gasteiger partial charge in [-0.2, -0.15) is 0 Å². The molecule has 2 rings (SSSR count). The topological polar surface area (TPSA) is 0 Å². The van der Waals surface area contributed by atoms with Crippen molar-refractivity contribution in [3.8, 4) is 11.8 Å². The van der Waals surface area contributed by atoms with Crippen molar-refractivity contribution >= 4 is 0 Å². The summed E-state index contributed by atoms with van der Waals surface area (Å²) in [6.07, 6.45) is 1.04. The lowest BCUT2D eigenvalue weighted by Crippen LogP contribution is -1.93. The summed E-state index contributed by atoms with van der Waals surface area (Å²) in [5, 5.41) is 0. The molecule has 0 radical (unpaired) electrons. The highest BCUT2D eigenvalue weighted by atomic mass is 14.1. The summed E-state index contributed by atoms with van der Waals surface area (Å²) in [7, 11) is 0. The van der Waals surface area contributed by atoms with E-state index in [1.54, 1.807) is 0 Å². The van der Waals surface area contributed by atoms with Crippen LogP contribution in [0.1, 0.15) is 36.0 Å². The summed E-state index contributed by atoms with van der Waals surface area (Å²) in [6.45, 7) is 4.30. The van der Waals surface area contributed by atoms with Crippen molar-refractivity contribution in [1.82, 2.24) is 0 Å². The molecular weight excluding hydrogens is 216 g/mol. The Bertz CT molecular complexity index is 538. The summed E-state index contributed by atoms with van der Waals surface area (Å²) in [6, 6.07) is 18.8. The average molecular weight is 234 g/mol. The molecule has 0 unspecified atom stereocenters. The van der Waals surface area contributed by atoms with E-state index in [9.17, 15) is 0 Å². The molecule has 0 heterocycles. The van der Waals surface area contributed by atoms with Crippen LogP contribution in [0.4, 0.5) is 0 Å². The van der Waals surface area contributed by atoms with E-state index in [1.807, 2.05) is 18.2 Å². The minimum absolute atomic E-state index is 0.325. The van der Waals surface area contributed by atoms with E-state index in [2.05, 4.69) is 62.1 Å². The van der Waals surface area contributed by atoms with Crippen molar-refractivity contribution in [2.24, 2.45) is 0 Å². The maximum absolute atomic E-state index is 3.37. The van der Waals surface area contributed by atoms with Gasteiger partial charge in [-0.15, -0.1) is 0 Å². The molecule has 0 aliphatic rings. The Balaban J connectivity index is 2.20. The first-order valence-corrected chi connectivity index (χ1v) is 6.42. The lowest BCUT2D eigenvalue weighted by molar-refractivity contribution is 0.829. The summed E-state index contributed by atoms with van der Waals surface area (Å²) in [5.74, 6) is 6.96.